The second kappa shape index (κ2) is 7.88. The van der Waals surface area contributed by atoms with Crippen molar-refractivity contribution in [2.24, 2.45) is 0 Å². The number of morpholine rings is 1. The Balaban J connectivity index is 1.67. The van der Waals surface area contributed by atoms with E-state index >= 15 is 0 Å². The summed E-state index contributed by atoms with van der Waals surface area (Å²) in [6.07, 6.45) is 1.38. The highest BCUT2D eigenvalue weighted by Gasteiger charge is 2.24. The van der Waals surface area contributed by atoms with Crippen molar-refractivity contribution >= 4 is 15.9 Å². The van der Waals surface area contributed by atoms with Gasteiger partial charge in [0, 0.05) is 24.5 Å². The van der Waals surface area contributed by atoms with E-state index in [0.717, 1.165) is 43.8 Å². The maximum absolute atomic E-state index is 5.73. The number of hydrogen-bond donors (Lipinski definition) is 0. The van der Waals surface area contributed by atoms with Gasteiger partial charge in [0.05, 0.1) is 19.3 Å². The molecule has 1 fully saturated rings. The van der Waals surface area contributed by atoms with E-state index < -0.39 is 0 Å². The Bertz CT molecular complexity index is 360. The molecule has 0 aliphatic carbocycles. The zero-order chi connectivity index (χ0) is 13.5. The molecule has 0 bridgehead atoms. The van der Waals surface area contributed by atoms with Crippen LogP contribution in [0.2, 0.25) is 0 Å². The Morgan fingerprint density at radius 2 is 2.16 bits per heavy atom. The molecule has 19 heavy (non-hydrogen) atoms. The second-order valence-corrected chi connectivity index (χ2v) is 5.62. The van der Waals surface area contributed by atoms with Crippen LogP contribution < -0.4 is 4.74 Å². The molecule has 0 radical (unpaired) electrons. The molecule has 2 atom stereocenters. The van der Waals surface area contributed by atoms with E-state index in [2.05, 4.69) is 27.8 Å². The predicted molar refractivity (Wildman–Crippen MR) is 81.1 cm³/mol. The Morgan fingerprint density at radius 3 is 2.89 bits per heavy atom. The smallest absolute Gasteiger partial charge is 0.119 e. The maximum Gasteiger partial charge on any atom is 0.119 e. The first-order valence-electron chi connectivity index (χ1n) is 6.89. The molecule has 2 rings (SSSR count). The van der Waals surface area contributed by atoms with Crippen LogP contribution in [-0.2, 0) is 4.74 Å². The number of nitrogens with zero attached hydrogens (tertiary/aromatic N) is 1. The van der Waals surface area contributed by atoms with Crippen molar-refractivity contribution in [3.63, 3.8) is 0 Å². The van der Waals surface area contributed by atoms with Gasteiger partial charge in [-0.05, 0) is 25.5 Å². The minimum atomic E-state index is 0.325. The highest BCUT2D eigenvalue weighted by atomic mass is 79.9. The standard InChI is InChI=1S/C15H22BrNO2/c1-13-12-19-15(10-16)11-17(13)8-5-9-18-14-6-3-2-4-7-14/h2-4,6-7,13,15H,5,8-12H2,1H3. The zero-order valence-electron chi connectivity index (χ0n) is 11.4. The monoisotopic (exact) mass is 327 g/mol. The molecule has 0 amide bonds. The minimum absolute atomic E-state index is 0.325. The van der Waals surface area contributed by atoms with Gasteiger partial charge < -0.3 is 9.47 Å². The molecule has 1 heterocycles. The van der Waals surface area contributed by atoms with E-state index in [9.17, 15) is 0 Å². The first-order valence-corrected chi connectivity index (χ1v) is 8.01. The lowest BCUT2D eigenvalue weighted by atomic mass is 10.2. The van der Waals surface area contributed by atoms with Crippen molar-refractivity contribution in [3.05, 3.63) is 30.3 Å². The van der Waals surface area contributed by atoms with Gasteiger partial charge in [0.1, 0.15) is 5.75 Å². The topological polar surface area (TPSA) is 21.7 Å². The van der Waals surface area contributed by atoms with Crippen LogP contribution in [0.1, 0.15) is 13.3 Å². The first kappa shape index (κ1) is 14.8. The van der Waals surface area contributed by atoms with Crippen LogP contribution in [0.15, 0.2) is 30.3 Å². The lowest BCUT2D eigenvalue weighted by molar-refractivity contribution is -0.0475. The molecular weight excluding hydrogens is 306 g/mol. The number of hydrogen-bond acceptors (Lipinski definition) is 3. The molecule has 2 unspecified atom stereocenters. The molecular formula is C15H22BrNO2. The Kier molecular flexibility index (Phi) is 6.14. The Morgan fingerprint density at radius 1 is 1.37 bits per heavy atom. The normalized spacial score (nSPS) is 24.3. The Labute approximate surface area is 124 Å². The quantitative estimate of drug-likeness (QED) is 0.592. The van der Waals surface area contributed by atoms with E-state index in [1.807, 2.05) is 30.3 Å². The molecule has 0 saturated carbocycles. The van der Waals surface area contributed by atoms with Gasteiger partial charge in [0.2, 0.25) is 0 Å². The second-order valence-electron chi connectivity index (χ2n) is 4.97. The molecule has 0 aromatic heterocycles. The number of alkyl halides is 1. The van der Waals surface area contributed by atoms with E-state index in [1.54, 1.807) is 0 Å². The third-order valence-corrected chi connectivity index (χ3v) is 4.13. The summed E-state index contributed by atoms with van der Waals surface area (Å²) in [7, 11) is 0. The fourth-order valence-electron chi connectivity index (χ4n) is 2.25. The number of rotatable bonds is 6. The van der Waals surface area contributed by atoms with Crippen molar-refractivity contribution < 1.29 is 9.47 Å². The third kappa shape index (κ3) is 4.79. The number of benzene rings is 1. The summed E-state index contributed by atoms with van der Waals surface area (Å²) in [6, 6.07) is 10.5. The van der Waals surface area contributed by atoms with E-state index in [1.165, 1.54) is 0 Å². The Hall–Kier alpha value is -0.580. The average Bonchev–Trinajstić information content (AvgIpc) is 2.46. The SMILES string of the molecule is CC1COC(CBr)CN1CCCOc1ccccc1. The molecule has 1 aliphatic rings. The highest BCUT2D eigenvalue weighted by Crippen LogP contribution is 2.14. The van der Waals surface area contributed by atoms with Crippen molar-refractivity contribution in [1.82, 2.24) is 4.90 Å². The molecule has 1 saturated heterocycles. The zero-order valence-corrected chi connectivity index (χ0v) is 13.0. The largest absolute Gasteiger partial charge is 0.494 e. The van der Waals surface area contributed by atoms with Gasteiger partial charge in [0.15, 0.2) is 0 Å². The van der Waals surface area contributed by atoms with E-state index in [0.29, 0.717) is 12.1 Å². The van der Waals surface area contributed by atoms with Crippen molar-refractivity contribution in [2.75, 3.05) is 31.6 Å². The third-order valence-electron chi connectivity index (χ3n) is 3.41. The number of para-hydroxylation sites is 1. The van der Waals surface area contributed by atoms with E-state index in [-0.39, 0.29) is 0 Å². The molecule has 3 nitrogen and oxygen atoms in total. The van der Waals surface area contributed by atoms with Gasteiger partial charge >= 0.3 is 0 Å². The maximum atomic E-state index is 5.73. The average molecular weight is 328 g/mol. The molecule has 0 N–H and O–H groups in total. The van der Waals surface area contributed by atoms with Gasteiger partial charge in [-0.2, -0.15) is 0 Å². The summed E-state index contributed by atoms with van der Waals surface area (Å²) in [5.41, 5.74) is 0. The van der Waals surface area contributed by atoms with Gasteiger partial charge in [-0.1, -0.05) is 34.1 Å². The van der Waals surface area contributed by atoms with Crippen LogP contribution >= 0.6 is 15.9 Å². The van der Waals surface area contributed by atoms with Crippen molar-refractivity contribution in [1.29, 1.82) is 0 Å². The molecule has 1 aromatic carbocycles. The molecule has 1 aromatic rings. The van der Waals surface area contributed by atoms with Gasteiger partial charge in [-0.3, -0.25) is 4.90 Å². The van der Waals surface area contributed by atoms with Crippen LogP contribution in [0.5, 0.6) is 5.75 Å². The number of ether oxygens (including phenoxy) is 2. The lowest BCUT2D eigenvalue weighted by Gasteiger charge is -2.37. The fourth-order valence-corrected chi connectivity index (χ4v) is 2.65. The summed E-state index contributed by atoms with van der Waals surface area (Å²) >= 11 is 3.49. The summed E-state index contributed by atoms with van der Waals surface area (Å²) in [6.45, 7) is 5.91. The molecule has 1 aliphatic heterocycles. The van der Waals surface area contributed by atoms with Crippen molar-refractivity contribution in [2.45, 2.75) is 25.5 Å². The summed E-state index contributed by atoms with van der Waals surface area (Å²) in [4.78, 5) is 2.49. The minimum Gasteiger partial charge on any atom is -0.494 e. The van der Waals surface area contributed by atoms with Crippen LogP contribution in [0.3, 0.4) is 0 Å². The van der Waals surface area contributed by atoms with Gasteiger partial charge in [-0.15, -0.1) is 0 Å². The van der Waals surface area contributed by atoms with Crippen LogP contribution in [0, 0.1) is 0 Å². The van der Waals surface area contributed by atoms with Crippen LogP contribution in [0.25, 0.3) is 0 Å². The van der Waals surface area contributed by atoms with Crippen molar-refractivity contribution in [3.8, 4) is 5.75 Å². The summed E-state index contributed by atoms with van der Waals surface area (Å²) in [5, 5.41) is 0.913. The van der Waals surface area contributed by atoms with Crippen LogP contribution in [0.4, 0.5) is 0 Å². The van der Waals surface area contributed by atoms with Gasteiger partial charge in [-0.25, -0.2) is 0 Å². The van der Waals surface area contributed by atoms with Crippen LogP contribution in [-0.4, -0.2) is 48.7 Å². The summed E-state index contributed by atoms with van der Waals surface area (Å²) < 4.78 is 11.4. The molecule has 4 heteroatoms. The predicted octanol–water partition coefficient (Wildman–Crippen LogP) is 2.94. The fraction of sp³-hybridized carbons (Fsp3) is 0.600. The lowest BCUT2D eigenvalue weighted by Crippen LogP contribution is -2.49. The molecule has 0 spiro atoms. The first-order chi connectivity index (χ1) is 9.29. The molecule has 106 valence electrons. The van der Waals surface area contributed by atoms with E-state index in [4.69, 9.17) is 9.47 Å². The highest BCUT2D eigenvalue weighted by molar-refractivity contribution is 9.09. The number of halogens is 1. The van der Waals surface area contributed by atoms with Gasteiger partial charge in [0.25, 0.3) is 0 Å². The summed E-state index contributed by atoms with van der Waals surface area (Å²) in [5.74, 6) is 0.955.